The highest BCUT2D eigenvalue weighted by molar-refractivity contribution is 5.92. The Bertz CT molecular complexity index is 1180. The third kappa shape index (κ3) is 4.20. The largest absolute Gasteiger partial charge is 0.481 e. The average molecular weight is 450 g/mol. The molecule has 0 bridgehead atoms. The number of hydrogen-bond acceptors (Lipinski definition) is 9. The summed E-state index contributed by atoms with van der Waals surface area (Å²) < 4.78 is 16.7. The van der Waals surface area contributed by atoms with Crippen molar-refractivity contribution >= 4 is 11.6 Å². The first-order chi connectivity index (χ1) is 16.0. The Morgan fingerprint density at radius 3 is 2.82 bits per heavy atom. The van der Waals surface area contributed by atoms with Gasteiger partial charge < -0.3 is 23.7 Å². The molecule has 0 aliphatic carbocycles. The smallest absolute Gasteiger partial charge is 0.275 e. The molecule has 1 amide bonds. The van der Waals surface area contributed by atoms with Crippen molar-refractivity contribution in [3.63, 3.8) is 0 Å². The second-order valence-corrected chi connectivity index (χ2v) is 8.33. The Morgan fingerprint density at radius 1 is 1.18 bits per heavy atom. The first-order valence-corrected chi connectivity index (χ1v) is 11.0. The topological polar surface area (TPSA) is 107 Å². The zero-order valence-corrected chi connectivity index (χ0v) is 18.9. The maximum absolute atomic E-state index is 12.7. The molecule has 5 rings (SSSR count). The van der Waals surface area contributed by atoms with Crippen molar-refractivity contribution in [1.82, 2.24) is 24.8 Å². The number of aromatic nitrogens is 4. The van der Waals surface area contributed by atoms with Crippen LogP contribution in [0.5, 0.6) is 11.8 Å². The highest BCUT2D eigenvalue weighted by Gasteiger charge is 2.31. The van der Waals surface area contributed by atoms with Gasteiger partial charge in [-0.2, -0.15) is 0 Å². The molecule has 1 unspecified atom stereocenters. The predicted octanol–water partition coefficient (Wildman–Crippen LogP) is 2.34. The molecule has 0 saturated carbocycles. The zero-order chi connectivity index (χ0) is 22.9. The zero-order valence-electron chi connectivity index (χ0n) is 18.9. The number of carbonyl (C=O) groups excluding carboxylic acids is 1. The molecule has 0 spiro atoms. The van der Waals surface area contributed by atoms with Crippen molar-refractivity contribution in [3.8, 4) is 11.8 Å². The summed E-state index contributed by atoms with van der Waals surface area (Å²) in [7, 11) is 1.62. The van der Waals surface area contributed by atoms with Crippen LogP contribution in [0.1, 0.15) is 39.6 Å². The summed E-state index contributed by atoms with van der Waals surface area (Å²) in [5, 5.41) is 0. The van der Waals surface area contributed by atoms with E-state index in [1.807, 2.05) is 13.1 Å². The Balaban J connectivity index is 1.29. The molecule has 1 fully saturated rings. The number of carbonyl (C=O) groups is 1. The predicted molar refractivity (Wildman–Crippen MR) is 118 cm³/mol. The van der Waals surface area contributed by atoms with E-state index in [4.69, 9.17) is 13.9 Å². The molecule has 2 aliphatic rings. The third-order valence-electron chi connectivity index (χ3n) is 6.09. The molecule has 33 heavy (non-hydrogen) atoms. The van der Waals surface area contributed by atoms with Gasteiger partial charge in [0.1, 0.15) is 18.7 Å². The van der Waals surface area contributed by atoms with Gasteiger partial charge in [0.25, 0.3) is 5.91 Å². The normalized spacial score (nSPS) is 17.7. The van der Waals surface area contributed by atoms with E-state index in [0.717, 1.165) is 41.9 Å². The fraction of sp³-hybridized carbons (Fsp3) is 0.435. The maximum Gasteiger partial charge on any atom is 0.275 e. The number of oxazole rings is 1. The Morgan fingerprint density at radius 2 is 2.06 bits per heavy atom. The summed E-state index contributed by atoms with van der Waals surface area (Å²) in [6.07, 6.45) is 6.16. The highest BCUT2D eigenvalue weighted by Crippen LogP contribution is 2.31. The number of rotatable bonds is 5. The molecule has 1 atom stereocenters. The molecule has 5 heterocycles. The standard InChI is InChI=1S/C23H26N6O4/c1-14-8-16(9-24-21(14)31-3)28-7-5-19-18(11-28)22(26-13-25-19)33-17-4-6-29(10-17)23(30)20-12-32-15(2)27-20/h8-9,12-13,17H,4-7,10-11H2,1-3H3. The number of likely N-dealkylation sites (tertiary alicyclic amines) is 1. The van der Waals surface area contributed by atoms with E-state index in [2.05, 4.69) is 30.9 Å². The number of anilines is 1. The van der Waals surface area contributed by atoms with Crippen LogP contribution in [0, 0.1) is 13.8 Å². The van der Waals surface area contributed by atoms with Crippen LogP contribution in [0.3, 0.4) is 0 Å². The molecule has 3 aromatic rings. The Hall–Kier alpha value is -3.69. The van der Waals surface area contributed by atoms with Gasteiger partial charge in [0.2, 0.25) is 11.8 Å². The summed E-state index contributed by atoms with van der Waals surface area (Å²) >= 11 is 0. The van der Waals surface area contributed by atoms with E-state index in [-0.39, 0.29) is 12.0 Å². The van der Waals surface area contributed by atoms with Crippen molar-refractivity contribution in [2.75, 3.05) is 31.6 Å². The highest BCUT2D eigenvalue weighted by atomic mass is 16.5. The monoisotopic (exact) mass is 450 g/mol. The van der Waals surface area contributed by atoms with E-state index in [1.165, 1.54) is 6.26 Å². The number of aryl methyl sites for hydroxylation is 2. The van der Waals surface area contributed by atoms with Gasteiger partial charge in [-0.1, -0.05) is 0 Å². The number of methoxy groups -OCH3 is 1. The lowest BCUT2D eigenvalue weighted by Crippen LogP contribution is -2.33. The van der Waals surface area contributed by atoms with Crippen LogP contribution in [0.15, 0.2) is 29.3 Å². The molecule has 0 aromatic carbocycles. The number of hydrogen-bond donors (Lipinski definition) is 0. The van der Waals surface area contributed by atoms with E-state index < -0.39 is 0 Å². The molecule has 1 saturated heterocycles. The van der Waals surface area contributed by atoms with Gasteiger partial charge >= 0.3 is 0 Å². The Labute approximate surface area is 191 Å². The fourth-order valence-electron chi connectivity index (χ4n) is 4.36. The molecule has 0 radical (unpaired) electrons. The minimum absolute atomic E-state index is 0.138. The van der Waals surface area contributed by atoms with E-state index in [1.54, 1.807) is 25.3 Å². The molecular weight excluding hydrogens is 424 g/mol. The van der Waals surface area contributed by atoms with Crippen molar-refractivity contribution in [3.05, 3.63) is 53.3 Å². The summed E-state index contributed by atoms with van der Waals surface area (Å²) in [4.78, 5) is 34.1. The Kier molecular flexibility index (Phi) is 5.57. The minimum Gasteiger partial charge on any atom is -0.481 e. The van der Waals surface area contributed by atoms with E-state index in [9.17, 15) is 4.79 Å². The molecule has 10 heteroatoms. The lowest BCUT2D eigenvalue weighted by atomic mass is 10.1. The third-order valence-corrected chi connectivity index (χ3v) is 6.09. The number of fused-ring (bicyclic) bond motifs is 1. The molecule has 0 N–H and O–H groups in total. The van der Waals surface area contributed by atoms with Crippen LogP contribution in [-0.2, 0) is 13.0 Å². The molecule has 2 aliphatic heterocycles. The van der Waals surface area contributed by atoms with Crippen LogP contribution in [0.25, 0.3) is 0 Å². The lowest BCUT2D eigenvalue weighted by Gasteiger charge is -2.31. The fourth-order valence-corrected chi connectivity index (χ4v) is 4.36. The van der Waals surface area contributed by atoms with Crippen LogP contribution in [0.2, 0.25) is 0 Å². The van der Waals surface area contributed by atoms with Gasteiger partial charge in [-0.15, -0.1) is 0 Å². The number of amides is 1. The van der Waals surface area contributed by atoms with Crippen molar-refractivity contribution in [2.24, 2.45) is 0 Å². The molecule has 3 aromatic heterocycles. The minimum atomic E-state index is -0.142. The number of ether oxygens (including phenoxy) is 2. The van der Waals surface area contributed by atoms with E-state index >= 15 is 0 Å². The van der Waals surface area contributed by atoms with Gasteiger partial charge in [-0.05, 0) is 13.0 Å². The number of pyridine rings is 1. The molecule has 10 nitrogen and oxygen atoms in total. The second kappa shape index (κ2) is 8.68. The average Bonchev–Trinajstić information content (AvgIpc) is 3.48. The van der Waals surface area contributed by atoms with Crippen LogP contribution < -0.4 is 14.4 Å². The van der Waals surface area contributed by atoms with Crippen LogP contribution in [-0.4, -0.2) is 63.6 Å². The maximum atomic E-state index is 12.7. The quantitative estimate of drug-likeness (QED) is 0.579. The summed E-state index contributed by atoms with van der Waals surface area (Å²) in [6, 6.07) is 2.08. The van der Waals surface area contributed by atoms with E-state index in [0.29, 0.717) is 43.0 Å². The van der Waals surface area contributed by atoms with Crippen molar-refractivity contribution in [2.45, 2.75) is 39.3 Å². The SMILES string of the molecule is COc1ncc(N2CCc3ncnc(OC4CCN(C(=O)c5coc(C)n5)C4)c3C2)cc1C. The van der Waals surface area contributed by atoms with Crippen LogP contribution in [0.4, 0.5) is 5.69 Å². The van der Waals surface area contributed by atoms with Gasteiger partial charge in [0.15, 0.2) is 11.6 Å². The second-order valence-electron chi connectivity index (χ2n) is 8.33. The first kappa shape index (κ1) is 21.2. The van der Waals surface area contributed by atoms with Crippen molar-refractivity contribution in [1.29, 1.82) is 0 Å². The summed E-state index contributed by atoms with van der Waals surface area (Å²) in [5.41, 5.74) is 4.31. The summed E-state index contributed by atoms with van der Waals surface area (Å²) in [6.45, 7) is 6.25. The van der Waals surface area contributed by atoms with Crippen molar-refractivity contribution < 1.29 is 18.7 Å². The first-order valence-electron chi connectivity index (χ1n) is 11.0. The molecular formula is C23H26N6O4. The van der Waals surface area contributed by atoms with Gasteiger partial charge in [0.05, 0.1) is 43.3 Å². The summed E-state index contributed by atoms with van der Waals surface area (Å²) in [5.74, 6) is 1.55. The lowest BCUT2D eigenvalue weighted by molar-refractivity contribution is 0.0765. The van der Waals surface area contributed by atoms with Gasteiger partial charge in [-0.25, -0.2) is 19.9 Å². The molecule has 172 valence electrons. The van der Waals surface area contributed by atoms with Gasteiger partial charge in [-0.3, -0.25) is 4.79 Å². The van der Waals surface area contributed by atoms with Gasteiger partial charge in [0, 0.05) is 38.4 Å². The number of nitrogens with zero attached hydrogens (tertiary/aromatic N) is 6. The van der Waals surface area contributed by atoms with Crippen LogP contribution >= 0.6 is 0 Å².